The van der Waals surface area contributed by atoms with Gasteiger partial charge in [0.2, 0.25) is 5.91 Å². The molecule has 0 aromatic heterocycles. The predicted octanol–water partition coefficient (Wildman–Crippen LogP) is 5.34. The molecule has 3 N–H and O–H groups in total. The molecule has 29 heavy (non-hydrogen) atoms. The molecule has 0 saturated heterocycles. The summed E-state index contributed by atoms with van der Waals surface area (Å²) in [6, 6.07) is 18.7. The van der Waals surface area contributed by atoms with Gasteiger partial charge in [0.25, 0.3) is 0 Å². The van der Waals surface area contributed by atoms with Crippen molar-refractivity contribution in [3.05, 3.63) is 84.4 Å². The molecular weight excluding hydrogens is 396 g/mol. The Labute approximate surface area is 170 Å². The van der Waals surface area contributed by atoms with E-state index in [-0.39, 0.29) is 11.7 Å². The van der Waals surface area contributed by atoms with Crippen molar-refractivity contribution in [2.45, 2.75) is 4.90 Å². The van der Waals surface area contributed by atoms with Gasteiger partial charge in [-0.3, -0.25) is 4.79 Å². The van der Waals surface area contributed by atoms with Crippen LogP contribution in [0.3, 0.4) is 0 Å². The molecule has 3 aromatic carbocycles. The summed E-state index contributed by atoms with van der Waals surface area (Å²) in [4.78, 5) is 24.6. The van der Waals surface area contributed by atoms with Crippen molar-refractivity contribution < 1.29 is 18.4 Å². The van der Waals surface area contributed by atoms with Crippen LogP contribution in [0.25, 0.3) is 0 Å². The number of para-hydroxylation sites is 1. The van der Waals surface area contributed by atoms with Gasteiger partial charge in [0.05, 0.1) is 5.75 Å². The number of benzene rings is 3. The molecule has 3 amide bonds. The Kier molecular flexibility index (Phi) is 6.80. The van der Waals surface area contributed by atoms with Crippen LogP contribution in [0.15, 0.2) is 77.7 Å². The molecule has 0 fully saturated rings. The molecule has 0 aliphatic carbocycles. The van der Waals surface area contributed by atoms with Crippen molar-refractivity contribution in [2.24, 2.45) is 0 Å². The molecule has 0 aliphatic rings. The minimum absolute atomic E-state index is 0.0250. The Morgan fingerprint density at radius 2 is 1.38 bits per heavy atom. The zero-order valence-corrected chi connectivity index (χ0v) is 15.9. The lowest BCUT2D eigenvalue weighted by Crippen LogP contribution is -2.19. The van der Waals surface area contributed by atoms with Gasteiger partial charge in [0.1, 0.15) is 0 Å². The number of thioether (sulfide) groups is 1. The van der Waals surface area contributed by atoms with Crippen LogP contribution >= 0.6 is 11.8 Å². The fraction of sp³-hybridized carbons (Fsp3) is 0.0476. The number of nitrogens with one attached hydrogen (secondary N) is 3. The topological polar surface area (TPSA) is 70.2 Å². The summed E-state index contributed by atoms with van der Waals surface area (Å²) in [5.41, 5.74) is 1.66. The van der Waals surface area contributed by atoms with Crippen molar-refractivity contribution in [2.75, 3.05) is 21.7 Å². The highest BCUT2D eigenvalue weighted by atomic mass is 32.2. The van der Waals surface area contributed by atoms with Gasteiger partial charge in [-0.1, -0.05) is 24.3 Å². The quantitative estimate of drug-likeness (QED) is 0.478. The lowest BCUT2D eigenvalue weighted by atomic mass is 10.2. The molecule has 5 nitrogen and oxygen atoms in total. The van der Waals surface area contributed by atoms with Crippen LogP contribution in [-0.2, 0) is 4.79 Å². The molecule has 0 radical (unpaired) electrons. The number of halogens is 2. The Morgan fingerprint density at radius 3 is 2.10 bits per heavy atom. The lowest BCUT2D eigenvalue weighted by Gasteiger charge is -2.10. The van der Waals surface area contributed by atoms with E-state index in [1.165, 1.54) is 6.07 Å². The maximum atomic E-state index is 13.2. The molecule has 0 saturated carbocycles. The van der Waals surface area contributed by atoms with Gasteiger partial charge >= 0.3 is 6.03 Å². The van der Waals surface area contributed by atoms with Crippen LogP contribution in [0.1, 0.15) is 0 Å². The van der Waals surface area contributed by atoms with E-state index in [0.717, 1.165) is 23.9 Å². The van der Waals surface area contributed by atoms with Crippen LogP contribution in [-0.4, -0.2) is 17.7 Å². The van der Waals surface area contributed by atoms with Gasteiger partial charge in [-0.2, -0.15) is 0 Å². The highest BCUT2D eigenvalue weighted by molar-refractivity contribution is 8.00. The molecule has 3 aromatic rings. The van der Waals surface area contributed by atoms with Crippen LogP contribution in [0, 0.1) is 11.6 Å². The second-order valence-corrected chi connectivity index (χ2v) is 6.99. The molecule has 148 valence electrons. The van der Waals surface area contributed by atoms with E-state index >= 15 is 0 Å². The summed E-state index contributed by atoms with van der Waals surface area (Å²) in [7, 11) is 0. The Bertz CT molecular complexity index is 1020. The molecule has 8 heteroatoms. The molecular formula is C21H17F2N3O2S. The van der Waals surface area contributed by atoms with Crippen molar-refractivity contribution in [3.63, 3.8) is 0 Å². The van der Waals surface area contributed by atoms with Crippen LogP contribution in [0.2, 0.25) is 0 Å². The summed E-state index contributed by atoms with van der Waals surface area (Å²) in [6.07, 6.45) is 0. The first-order valence-electron chi connectivity index (χ1n) is 8.60. The highest BCUT2D eigenvalue weighted by Crippen LogP contribution is 2.21. The fourth-order valence-electron chi connectivity index (χ4n) is 2.40. The lowest BCUT2D eigenvalue weighted by molar-refractivity contribution is -0.113. The third-order valence-corrected chi connectivity index (χ3v) is 4.69. The van der Waals surface area contributed by atoms with Crippen LogP contribution < -0.4 is 16.0 Å². The van der Waals surface area contributed by atoms with E-state index in [1.807, 2.05) is 18.2 Å². The summed E-state index contributed by atoms with van der Waals surface area (Å²) in [6.45, 7) is 0. The van der Waals surface area contributed by atoms with Crippen molar-refractivity contribution in [1.82, 2.24) is 0 Å². The third kappa shape index (κ3) is 6.32. The number of hydrogen-bond donors (Lipinski definition) is 3. The average Bonchev–Trinajstić information content (AvgIpc) is 2.70. The van der Waals surface area contributed by atoms with E-state index < -0.39 is 17.7 Å². The monoisotopic (exact) mass is 413 g/mol. The Hall–Kier alpha value is -3.39. The fourth-order valence-corrected chi connectivity index (χ4v) is 3.12. The zero-order valence-electron chi connectivity index (χ0n) is 15.1. The van der Waals surface area contributed by atoms with Crippen molar-refractivity contribution >= 4 is 40.8 Å². The number of carbonyl (C=O) groups excluding carboxylic acids is 2. The molecule has 3 rings (SSSR count). The summed E-state index contributed by atoms with van der Waals surface area (Å²) >= 11 is 1.09. The first-order chi connectivity index (χ1) is 14.0. The van der Waals surface area contributed by atoms with Gasteiger partial charge in [-0.05, 0) is 48.5 Å². The number of hydrogen-bond acceptors (Lipinski definition) is 3. The SMILES string of the molecule is O=C(CSc1ccc(F)c(F)c1)Nc1cccc(NC(=O)Nc2ccccc2)c1. The summed E-state index contributed by atoms with van der Waals surface area (Å²) in [5.74, 6) is -2.18. The number of rotatable bonds is 6. The predicted molar refractivity (Wildman–Crippen MR) is 111 cm³/mol. The molecule has 0 aliphatic heterocycles. The highest BCUT2D eigenvalue weighted by Gasteiger charge is 2.08. The van der Waals surface area contributed by atoms with Gasteiger partial charge in [0.15, 0.2) is 11.6 Å². The van der Waals surface area contributed by atoms with Gasteiger partial charge in [-0.25, -0.2) is 13.6 Å². The maximum Gasteiger partial charge on any atom is 0.323 e. The standard InChI is InChI=1S/C21H17F2N3O2S/c22-18-10-9-17(12-19(18)23)29-13-20(27)24-15-7-4-8-16(11-15)26-21(28)25-14-5-2-1-3-6-14/h1-12H,13H2,(H,24,27)(H2,25,26,28). The normalized spacial score (nSPS) is 10.3. The average molecular weight is 413 g/mol. The largest absolute Gasteiger partial charge is 0.325 e. The molecule has 0 unspecified atom stereocenters. The summed E-state index contributed by atoms with van der Waals surface area (Å²) in [5, 5.41) is 8.09. The Balaban J connectivity index is 1.52. The number of amides is 3. The Morgan fingerprint density at radius 1 is 0.724 bits per heavy atom. The number of urea groups is 1. The molecule has 0 bridgehead atoms. The number of carbonyl (C=O) groups is 2. The first-order valence-corrected chi connectivity index (χ1v) is 9.59. The molecule has 0 atom stereocenters. The zero-order chi connectivity index (χ0) is 20.6. The van der Waals surface area contributed by atoms with Gasteiger partial charge in [0, 0.05) is 22.0 Å². The van der Waals surface area contributed by atoms with E-state index in [1.54, 1.807) is 36.4 Å². The molecule has 0 heterocycles. The third-order valence-electron chi connectivity index (χ3n) is 3.70. The smallest absolute Gasteiger partial charge is 0.323 e. The van der Waals surface area contributed by atoms with E-state index in [0.29, 0.717) is 22.0 Å². The number of anilines is 3. The van der Waals surface area contributed by atoms with E-state index in [4.69, 9.17) is 0 Å². The maximum absolute atomic E-state index is 13.2. The van der Waals surface area contributed by atoms with Gasteiger partial charge in [-0.15, -0.1) is 11.8 Å². The van der Waals surface area contributed by atoms with E-state index in [2.05, 4.69) is 16.0 Å². The molecule has 0 spiro atoms. The minimum atomic E-state index is -0.956. The van der Waals surface area contributed by atoms with Gasteiger partial charge < -0.3 is 16.0 Å². The first kappa shape index (κ1) is 20.3. The summed E-state index contributed by atoms with van der Waals surface area (Å²) < 4.78 is 26.1. The second kappa shape index (κ2) is 9.70. The van der Waals surface area contributed by atoms with E-state index in [9.17, 15) is 18.4 Å². The second-order valence-electron chi connectivity index (χ2n) is 5.94. The minimum Gasteiger partial charge on any atom is -0.325 e. The van der Waals surface area contributed by atoms with Crippen LogP contribution in [0.5, 0.6) is 0 Å². The van der Waals surface area contributed by atoms with Crippen LogP contribution in [0.4, 0.5) is 30.6 Å². The van der Waals surface area contributed by atoms with Crippen molar-refractivity contribution in [1.29, 1.82) is 0 Å². The van der Waals surface area contributed by atoms with Crippen molar-refractivity contribution in [3.8, 4) is 0 Å².